The molecule has 1 fully saturated rings. The van der Waals surface area contributed by atoms with Crippen LogP contribution in [0.4, 0.5) is 0 Å². The van der Waals surface area contributed by atoms with Gasteiger partial charge in [-0.1, -0.05) is 32.4 Å². The van der Waals surface area contributed by atoms with Gasteiger partial charge in [0.05, 0.1) is 13.2 Å². The highest BCUT2D eigenvalue weighted by molar-refractivity contribution is 5.29. The van der Waals surface area contributed by atoms with Crippen molar-refractivity contribution in [2.45, 2.75) is 51.7 Å². The molecule has 0 aliphatic heterocycles. The number of aliphatic hydroxyl groups excluding tert-OH is 1. The maximum absolute atomic E-state index is 9.79. The van der Waals surface area contributed by atoms with E-state index < -0.39 is 0 Å². The van der Waals surface area contributed by atoms with Gasteiger partial charge in [0.1, 0.15) is 5.75 Å². The summed E-state index contributed by atoms with van der Waals surface area (Å²) in [6, 6.07) is 8.70. The van der Waals surface area contributed by atoms with Crippen LogP contribution in [0.1, 0.15) is 51.1 Å². The van der Waals surface area contributed by atoms with Gasteiger partial charge in [0.2, 0.25) is 0 Å². The second kappa shape index (κ2) is 7.81. The van der Waals surface area contributed by atoms with Crippen molar-refractivity contribution in [1.82, 2.24) is 5.32 Å². The van der Waals surface area contributed by atoms with Crippen LogP contribution in [0.2, 0.25) is 0 Å². The van der Waals surface area contributed by atoms with E-state index >= 15 is 0 Å². The summed E-state index contributed by atoms with van der Waals surface area (Å²) in [5.74, 6) is 2.04. The molecule has 0 spiro atoms. The van der Waals surface area contributed by atoms with Crippen LogP contribution in [0.15, 0.2) is 24.3 Å². The summed E-state index contributed by atoms with van der Waals surface area (Å²) >= 11 is 0. The molecule has 3 unspecified atom stereocenters. The topological polar surface area (TPSA) is 41.5 Å². The molecule has 3 atom stereocenters. The molecule has 118 valence electrons. The van der Waals surface area contributed by atoms with E-state index in [0.29, 0.717) is 17.9 Å². The molecule has 0 heterocycles. The lowest BCUT2D eigenvalue weighted by Gasteiger charge is -2.30. The third kappa shape index (κ3) is 4.72. The van der Waals surface area contributed by atoms with Gasteiger partial charge in [-0.15, -0.1) is 0 Å². The molecular formula is C18H29NO2. The smallest absolute Gasteiger partial charge is 0.118 e. The lowest BCUT2D eigenvalue weighted by Crippen LogP contribution is -2.33. The van der Waals surface area contributed by atoms with Gasteiger partial charge >= 0.3 is 0 Å². The lowest BCUT2D eigenvalue weighted by molar-refractivity contribution is 0.0989. The zero-order valence-corrected chi connectivity index (χ0v) is 13.5. The monoisotopic (exact) mass is 291 g/mol. The molecule has 3 heteroatoms. The quantitative estimate of drug-likeness (QED) is 0.842. The number of benzene rings is 1. The van der Waals surface area contributed by atoms with Crippen LogP contribution < -0.4 is 10.1 Å². The molecule has 1 aromatic rings. The van der Waals surface area contributed by atoms with Crippen molar-refractivity contribution in [1.29, 1.82) is 0 Å². The van der Waals surface area contributed by atoms with Crippen molar-refractivity contribution in [2.75, 3.05) is 13.7 Å². The number of nitrogens with one attached hydrogen (secondary N) is 1. The van der Waals surface area contributed by atoms with Crippen molar-refractivity contribution >= 4 is 0 Å². The van der Waals surface area contributed by atoms with E-state index in [9.17, 15) is 5.11 Å². The summed E-state index contributed by atoms with van der Waals surface area (Å²) < 4.78 is 5.23. The molecule has 0 saturated heterocycles. The first-order valence-electron chi connectivity index (χ1n) is 8.15. The van der Waals surface area contributed by atoms with E-state index in [0.717, 1.165) is 31.6 Å². The van der Waals surface area contributed by atoms with Crippen LogP contribution >= 0.6 is 0 Å². The Hall–Kier alpha value is -1.06. The third-order valence-corrected chi connectivity index (χ3v) is 4.52. The molecular weight excluding hydrogens is 262 g/mol. The lowest BCUT2D eigenvalue weighted by atomic mass is 9.86. The highest BCUT2D eigenvalue weighted by Crippen LogP contribution is 2.27. The molecule has 1 aromatic carbocycles. The van der Waals surface area contributed by atoms with E-state index in [-0.39, 0.29) is 6.10 Å². The SMILES string of the molecule is COc1ccc(C(NCC2CCCC(O)C2)C(C)C)cc1. The Morgan fingerprint density at radius 1 is 1.24 bits per heavy atom. The minimum absolute atomic E-state index is 0.0935. The normalized spacial score (nSPS) is 24.0. The minimum Gasteiger partial charge on any atom is -0.497 e. The molecule has 3 nitrogen and oxygen atoms in total. The van der Waals surface area contributed by atoms with Crippen LogP contribution in [0.5, 0.6) is 5.75 Å². The number of aliphatic hydroxyl groups is 1. The number of hydrogen-bond donors (Lipinski definition) is 2. The number of ether oxygens (including phenoxy) is 1. The van der Waals surface area contributed by atoms with Gasteiger partial charge in [-0.05, 0) is 55.3 Å². The molecule has 2 rings (SSSR count). The van der Waals surface area contributed by atoms with Crippen LogP contribution in [-0.4, -0.2) is 24.9 Å². The van der Waals surface area contributed by atoms with Gasteiger partial charge < -0.3 is 15.2 Å². The summed E-state index contributed by atoms with van der Waals surface area (Å²) in [4.78, 5) is 0. The molecule has 1 aliphatic rings. The standard InChI is InChI=1S/C18H29NO2/c1-13(2)18(15-7-9-17(21-3)10-8-15)19-12-14-5-4-6-16(20)11-14/h7-10,13-14,16,18-20H,4-6,11-12H2,1-3H3. The maximum Gasteiger partial charge on any atom is 0.118 e. The summed E-state index contributed by atoms with van der Waals surface area (Å²) in [6.45, 7) is 5.49. The van der Waals surface area contributed by atoms with Crippen LogP contribution in [-0.2, 0) is 0 Å². The summed E-state index contributed by atoms with van der Waals surface area (Å²) in [5.41, 5.74) is 1.31. The zero-order chi connectivity index (χ0) is 15.2. The molecule has 0 aromatic heterocycles. The minimum atomic E-state index is -0.0935. The fourth-order valence-corrected chi connectivity index (χ4v) is 3.29. The average Bonchev–Trinajstić information content (AvgIpc) is 2.48. The Bertz CT molecular complexity index is 416. The van der Waals surface area contributed by atoms with Crippen molar-refractivity contribution in [2.24, 2.45) is 11.8 Å². The maximum atomic E-state index is 9.79. The fraction of sp³-hybridized carbons (Fsp3) is 0.667. The van der Waals surface area contributed by atoms with Crippen molar-refractivity contribution in [3.05, 3.63) is 29.8 Å². The molecule has 21 heavy (non-hydrogen) atoms. The summed E-state index contributed by atoms with van der Waals surface area (Å²) in [6.07, 6.45) is 4.21. The second-order valence-electron chi connectivity index (χ2n) is 6.59. The van der Waals surface area contributed by atoms with Crippen LogP contribution in [0.3, 0.4) is 0 Å². The zero-order valence-electron chi connectivity index (χ0n) is 13.5. The van der Waals surface area contributed by atoms with E-state index in [1.165, 1.54) is 12.0 Å². The first-order valence-corrected chi connectivity index (χ1v) is 8.15. The third-order valence-electron chi connectivity index (χ3n) is 4.52. The van der Waals surface area contributed by atoms with Crippen LogP contribution in [0, 0.1) is 11.8 Å². The second-order valence-corrected chi connectivity index (χ2v) is 6.59. The van der Waals surface area contributed by atoms with E-state index in [2.05, 4.69) is 31.3 Å². The summed E-state index contributed by atoms with van der Waals surface area (Å²) in [5, 5.41) is 13.5. The Kier molecular flexibility index (Phi) is 6.07. The molecule has 0 amide bonds. The van der Waals surface area contributed by atoms with Crippen molar-refractivity contribution < 1.29 is 9.84 Å². The Morgan fingerprint density at radius 3 is 2.52 bits per heavy atom. The Balaban J connectivity index is 1.95. The van der Waals surface area contributed by atoms with Crippen LogP contribution in [0.25, 0.3) is 0 Å². The summed E-state index contributed by atoms with van der Waals surface area (Å²) in [7, 11) is 1.70. The van der Waals surface area contributed by atoms with Gasteiger partial charge in [0, 0.05) is 6.04 Å². The van der Waals surface area contributed by atoms with Gasteiger partial charge in [0.25, 0.3) is 0 Å². The van der Waals surface area contributed by atoms with Gasteiger partial charge in [-0.3, -0.25) is 0 Å². The fourth-order valence-electron chi connectivity index (χ4n) is 3.29. The molecule has 1 saturated carbocycles. The predicted molar refractivity (Wildman–Crippen MR) is 86.5 cm³/mol. The van der Waals surface area contributed by atoms with E-state index in [4.69, 9.17) is 4.74 Å². The van der Waals surface area contributed by atoms with E-state index in [1.54, 1.807) is 7.11 Å². The van der Waals surface area contributed by atoms with Gasteiger partial charge in [-0.2, -0.15) is 0 Å². The average molecular weight is 291 g/mol. The predicted octanol–water partition coefficient (Wildman–Crippen LogP) is 3.53. The number of rotatable bonds is 6. The number of hydrogen-bond acceptors (Lipinski definition) is 3. The van der Waals surface area contributed by atoms with Crippen molar-refractivity contribution in [3.63, 3.8) is 0 Å². The highest BCUT2D eigenvalue weighted by atomic mass is 16.5. The number of methoxy groups -OCH3 is 1. The molecule has 0 bridgehead atoms. The molecule has 2 N–H and O–H groups in total. The van der Waals surface area contributed by atoms with Gasteiger partial charge in [0.15, 0.2) is 0 Å². The largest absolute Gasteiger partial charge is 0.497 e. The van der Waals surface area contributed by atoms with Crippen molar-refractivity contribution in [3.8, 4) is 5.75 Å². The highest BCUT2D eigenvalue weighted by Gasteiger charge is 2.22. The van der Waals surface area contributed by atoms with Gasteiger partial charge in [-0.25, -0.2) is 0 Å². The molecule has 1 aliphatic carbocycles. The molecule has 0 radical (unpaired) electrons. The Morgan fingerprint density at radius 2 is 1.95 bits per heavy atom. The van der Waals surface area contributed by atoms with E-state index in [1.807, 2.05) is 12.1 Å². The first-order chi connectivity index (χ1) is 10.1. The Labute approximate surface area is 128 Å². The first kappa shape index (κ1) is 16.3.